The van der Waals surface area contributed by atoms with Gasteiger partial charge in [-0.1, -0.05) is 26.8 Å². The van der Waals surface area contributed by atoms with Crippen molar-refractivity contribution < 1.29 is 9.66 Å². The molecule has 1 aromatic carbocycles. The Balaban J connectivity index is 2.82. The van der Waals surface area contributed by atoms with Crippen molar-refractivity contribution in [3.8, 4) is 5.75 Å². The first kappa shape index (κ1) is 17.4. The molecular weight excluding hydrogens is 268 g/mol. The van der Waals surface area contributed by atoms with E-state index in [-0.39, 0.29) is 10.6 Å². The van der Waals surface area contributed by atoms with Crippen LogP contribution in [-0.4, -0.2) is 24.6 Å². The number of nitrogens with one attached hydrogen (secondary N) is 1. The minimum atomic E-state index is -0.389. The van der Waals surface area contributed by atoms with Gasteiger partial charge in [0.2, 0.25) is 0 Å². The van der Waals surface area contributed by atoms with Crippen molar-refractivity contribution in [3.63, 3.8) is 0 Å². The summed E-state index contributed by atoms with van der Waals surface area (Å²) in [6, 6.07) is 5.66. The lowest BCUT2D eigenvalue weighted by Gasteiger charge is -2.24. The van der Waals surface area contributed by atoms with E-state index >= 15 is 0 Å². The molecule has 0 amide bonds. The minimum Gasteiger partial charge on any atom is -0.490 e. The second kappa shape index (κ2) is 8.62. The first-order valence-corrected chi connectivity index (χ1v) is 7.58. The van der Waals surface area contributed by atoms with Crippen LogP contribution in [0.5, 0.6) is 5.75 Å². The fourth-order valence-corrected chi connectivity index (χ4v) is 2.60. The molecule has 5 heteroatoms. The zero-order chi connectivity index (χ0) is 15.8. The lowest BCUT2D eigenvalue weighted by molar-refractivity contribution is -0.385. The third kappa shape index (κ3) is 5.01. The van der Waals surface area contributed by atoms with E-state index in [2.05, 4.69) is 26.1 Å². The minimum absolute atomic E-state index is 0.0387. The van der Waals surface area contributed by atoms with Crippen LogP contribution in [0.3, 0.4) is 0 Å². The van der Waals surface area contributed by atoms with Gasteiger partial charge in [0.05, 0.1) is 12.0 Å². The van der Waals surface area contributed by atoms with Crippen LogP contribution in [0.15, 0.2) is 18.2 Å². The lowest BCUT2D eigenvalue weighted by atomic mass is 9.92. The Morgan fingerprint density at radius 3 is 2.62 bits per heavy atom. The van der Waals surface area contributed by atoms with Gasteiger partial charge < -0.3 is 10.1 Å². The van der Waals surface area contributed by atoms with Crippen molar-refractivity contribution in [2.45, 2.75) is 46.1 Å². The normalized spacial score (nSPS) is 13.7. The molecule has 1 aromatic rings. The van der Waals surface area contributed by atoms with E-state index in [0.29, 0.717) is 17.7 Å². The van der Waals surface area contributed by atoms with E-state index < -0.39 is 0 Å². The van der Waals surface area contributed by atoms with Crippen LogP contribution >= 0.6 is 0 Å². The Labute approximate surface area is 126 Å². The standard InChI is InChI=1S/C16H26N2O3/c1-5-9-17-14(6-2)12(3)10-13-7-8-16(21-4)15(11-13)18(19)20/h7-8,11-12,14,17H,5-6,9-10H2,1-4H3. The summed E-state index contributed by atoms with van der Waals surface area (Å²) in [4.78, 5) is 10.7. The summed E-state index contributed by atoms with van der Waals surface area (Å²) in [5, 5.41) is 14.6. The second-order valence-electron chi connectivity index (χ2n) is 5.41. The highest BCUT2D eigenvalue weighted by Crippen LogP contribution is 2.28. The van der Waals surface area contributed by atoms with Crippen molar-refractivity contribution in [1.82, 2.24) is 5.32 Å². The molecule has 0 aliphatic heterocycles. The zero-order valence-electron chi connectivity index (χ0n) is 13.4. The maximum atomic E-state index is 11.1. The molecule has 0 heterocycles. The second-order valence-corrected chi connectivity index (χ2v) is 5.41. The molecule has 1 rings (SSSR count). The molecule has 0 radical (unpaired) electrons. The van der Waals surface area contributed by atoms with Gasteiger partial charge in [-0.2, -0.15) is 0 Å². The van der Waals surface area contributed by atoms with Gasteiger partial charge >= 0.3 is 5.69 Å². The van der Waals surface area contributed by atoms with Crippen LogP contribution in [-0.2, 0) is 6.42 Å². The van der Waals surface area contributed by atoms with Crippen molar-refractivity contribution in [2.24, 2.45) is 5.92 Å². The molecule has 2 unspecified atom stereocenters. The SMILES string of the molecule is CCCNC(CC)C(C)Cc1ccc(OC)c([N+](=O)[O-])c1. The Morgan fingerprint density at radius 2 is 2.10 bits per heavy atom. The highest BCUT2D eigenvalue weighted by atomic mass is 16.6. The number of hydrogen-bond donors (Lipinski definition) is 1. The predicted octanol–water partition coefficient (Wildman–Crippen LogP) is 3.56. The fraction of sp³-hybridized carbons (Fsp3) is 0.625. The summed E-state index contributed by atoms with van der Waals surface area (Å²) < 4.78 is 5.03. The van der Waals surface area contributed by atoms with Crippen LogP contribution in [0.25, 0.3) is 0 Å². The van der Waals surface area contributed by atoms with Gasteiger partial charge in [-0.25, -0.2) is 0 Å². The van der Waals surface area contributed by atoms with Crippen LogP contribution < -0.4 is 10.1 Å². The Morgan fingerprint density at radius 1 is 1.38 bits per heavy atom. The number of methoxy groups -OCH3 is 1. The molecule has 2 atom stereocenters. The van der Waals surface area contributed by atoms with Gasteiger partial charge in [0.25, 0.3) is 0 Å². The average Bonchev–Trinajstić information content (AvgIpc) is 2.47. The molecule has 0 spiro atoms. The lowest BCUT2D eigenvalue weighted by Crippen LogP contribution is -2.35. The molecule has 1 N–H and O–H groups in total. The molecule has 0 saturated carbocycles. The third-order valence-electron chi connectivity index (χ3n) is 3.78. The highest BCUT2D eigenvalue weighted by Gasteiger charge is 2.19. The topological polar surface area (TPSA) is 64.4 Å². The molecule has 0 fully saturated rings. The molecular formula is C16H26N2O3. The van der Waals surface area contributed by atoms with Crippen molar-refractivity contribution in [3.05, 3.63) is 33.9 Å². The van der Waals surface area contributed by atoms with Crippen molar-refractivity contribution >= 4 is 5.69 Å². The quantitative estimate of drug-likeness (QED) is 0.558. The number of hydrogen-bond acceptors (Lipinski definition) is 4. The summed E-state index contributed by atoms with van der Waals surface area (Å²) in [5.74, 6) is 0.738. The number of benzene rings is 1. The first-order chi connectivity index (χ1) is 10.0. The number of ether oxygens (including phenoxy) is 1. The van der Waals surface area contributed by atoms with E-state index in [9.17, 15) is 10.1 Å². The molecule has 5 nitrogen and oxygen atoms in total. The van der Waals surface area contributed by atoms with E-state index in [4.69, 9.17) is 4.74 Å². The highest BCUT2D eigenvalue weighted by molar-refractivity contribution is 5.48. The van der Waals surface area contributed by atoms with Gasteiger partial charge in [0, 0.05) is 12.1 Å². The Bertz CT molecular complexity index is 463. The Hall–Kier alpha value is -1.62. The van der Waals surface area contributed by atoms with E-state index in [0.717, 1.165) is 31.4 Å². The zero-order valence-corrected chi connectivity index (χ0v) is 13.4. The predicted molar refractivity (Wildman–Crippen MR) is 84.9 cm³/mol. The number of nitrogens with zero attached hydrogens (tertiary/aromatic N) is 1. The van der Waals surface area contributed by atoms with Crippen LogP contribution in [0, 0.1) is 16.0 Å². The van der Waals surface area contributed by atoms with Gasteiger partial charge in [0.1, 0.15) is 0 Å². The maximum Gasteiger partial charge on any atom is 0.311 e. The molecule has 118 valence electrons. The summed E-state index contributed by atoms with van der Waals surface area (Å²) in [7, 11) is 1.45. The first-order valence-electron chi connectivity index (χ1n) is 7.58. The van der Waals surface area contributed by atoms with Gasteiger partial charge in [-0.05, 0) is 43.4 Å². The summed E-state index contributed by atoms with van der Waals surface area (Å²) in [5.41, 5.74) is 1.02. The number of rotatable bonds is 9. The van der Waals surface area contributed by atoms with Gasteiger partial charge in [-0.15, -0.1) is 0 Å². The molecule has 0 saturated heterocycles. The van der Waals surface area contributed by atoms with E-state index in [1.165, 1.54) is 7.11 Å². The molecule has 0 aromatic heterocycles. The largest absolute Gasteiger partial charge is 0.490 e. The fourth-order valence-electron chi connectivity index (χ4n) is 2.60. The molecule has 0 aliphatic carbocycles. The molecule has 0 bridgehead atoms. The van der Waals surface area contributed by atoms with Crippen molar-refractivity contribution in [2.75, 3.05) is 13.7 Å². The van der Waals surface area contributed by atoms with E-state index in [1.54, 1.807) is 12.1 Å². The maximum absolute atomic E-state index is 11.1. The van der Waals surface area contributed by atoms with Crippen LogP contribution in [0.4, 0.5) is 5.69 Å². The molecule has 21 heavy (non-hydrogen) atoms. The third-order valence-corrected chi connectivity index (χ3v) is 3.78. The number of nitro groups is 1. The molecule has 0 aliphatic rings. The average molecular weight is 294 g/mol. The smallest absolute Gasteiger partial charge is 0.311 e. The van der Waals surface area contributed by atoms with Crippen LogP contribution in [0.2, 0.25) is 0 Å². The van der Waals surface area contributed by atoms with Gasteiger partial charge in [-0.3, -0.25) is 10.1 Å². The summed E-state index contributed by atoms with van der Waals surface area (Å²) in [6.45, 7) is 7.51. The van der Waals surface area contributed by atoms with Crippen LogP contribution in [0.1, 0.15) is 39.2 Å². The number of nitro benzene ring substituents is 1. The summed E-state index contributed by atoms with van der Waals surface area (Å²) >= 11 is 0. The summed E-state index contributed by atoms with van der Waals surface area (Å²) in [6.07, 6.45) is 2.98. The van der Waals surface area contributed by atoms with Gasteiger partial charge in [0.15, 0.2) is 5.75 Å². The van der Waals surface area contributed by atoms with Crippen molar-refractivity contribution in [1.29, 1.82) is 0 Å². The monoisotopic (exact) mass is 294 g/mol. The Kier molecular flexibility index (Phi) is 7.15. The van der Waals surface area contributed by atoms with E-state index in [1.807, 2.05) is 6.07 Å².